The van der Waals surface area contributed by atoms with Gasteiger partial charge in [0.1, 0.15) is 5.60 Å². The predicted octanol–water partition coefficient (Wildman–Crippen LogP) is 4.99. The molecule has 4 nitrogen and oxygen atoms in total. The molecule has 2 rings (SSSR count). The van der Waals surface area contributed by atoms with Gasteiger partial charge in [-0.15, -0.1) is 0 Å². The lowest BCUT2D eigenvalue weighted by molar-refractivity contribution is -0.00944. The molecule has 0 aromatic heterocycles. The van der Waals surface area contributed by atoms with E-state index in [1.807, 2.05) is 19.9 Å². The summed E-state index contributed by atoms with van der Waals surface area (Å²) >= 11 is 0. The summed E-state index contributed by atoms with van der Waals surface area (Å²) in [4.78, 5) is 12.4. The molecular weight excluding hydrogens is 300 g/mol. The molecule has 0 saturated heterocycles. The van der Waals surface area contributed by atoms with Crippen molar-refractivity contribution < 1.29 is 9.53 Å². The number of ether oxygens (including phenoxy) is 1. The second-order valence-electron chi connectivity index (χ2n) is 8.03. The van der Waals surface area contributed by atoms with Gasteiger partial charge in [-0.05, 0) is 57.2 Å². The maximum absolute atomic E-state index is 12.4. The van der Waals surface area contributed by atoms with Crippen molar-refractivity contribution in [2.45, 2.75) is 77.9 Å². The van der Waals surface area contributed by atoms with E-state index in [4.69, 9.17) is 10.5 Å². The molecule has 3 N–H and O–H groups in total. The molecule has 24 heavy (non-hydrogen) atoms. The van der Waals surface area contributed by atoms with Gasteiger partial charge >= 0.3 is 5.97 Å². The molecule has 1 aliphatic rings. The van der Waals surface area contributed by atoms with Gasteiger partial charge in [-0.25, -0.2) is 4.79 Å². The zero-order valence-corrected chi connectivity index (χ0v) is 15.5. The van der Waals surface area contributed by atoms with Crippen molar-refractivity contribution in [1.82, 2.24) is 0 Å². The Balaban J connectivity index is 2.01. The molecule has 1 saturated carbocycles. The second kappa shape index (κ2) is 7.91. The van der Waals surface area contributed by atoms with Crippen LogP contribution in [0.1, 0.15) is 76.6 Å². The normalized spacial score (nSPS) is 16.2. The average molecular weight is 332 g/mol. The van der Waals surface area contributed by atoms with Crippen LogP contribution >= 0.6 is 0 Å². The van der Waals surface area contributed by atoms with Crippen molar-refractivity contribution >= 4 is 17.3 Å². The first-order valence-electron chi connectivity index (χ1n) is 9.16. The van der Waals surface area contributed by atoms with E-state index in [1.54, 1.807) is 12.1 Å². The fourth-order valence-electron chi connectivity index (χ4n) is 3.62. The summed E-state index contributed by atoms with van der Waals surface area (Å²) in [5.41, 5.74) is 7.71. The number of nitrogens with two attached hydrogens (primary N) is 1. The smallest absolute Gasteiger partial charge is 0.338 e. The number of esters is 1. The number of benzene rings is 1. The average Bonchev–Trinajstić information content (AvgIpc) is 2.48. The SMILES string of the molecule is CC(C)CC(C)(C)OC(=O)c1ccc(NC2CCCCC2)c(N)c1. The van der Waals surface area contributed by atoms with Gasteiger partial charge in [-0.3, -0.25) is 0 Å². The summed E-state index contributed by atoms with van der Waals surface area (Å²) in [6, 6.07) is 5.91. The Hall–Kier alpha value is -1.71. The quantitative estimate of drug-likeness (QED) is 0.568. The number of nitrogen functional groups attached to an aromatic ring is 1. The van der Waals surface area contributed by atoms with E-state index in [9.17, 15) is 4.79 Å². The molecule has 0 radical (unpaired) electrons. The van der Waals surface area contributed by atoms with Crippen LogP contribution in [0.25, 0.3) is 0 Å². The third-order valence-electron chi connectivity index (χ3n) is 4.52. The molecular formula is C20H32N2O2. The van der Waals surface area contributed by atoms with Crippen LogP contribution in [0.15, 0.2) is 18.2 Å². The minimum absolute atomic E-state index is 0.309. The first-order valence-corrected chi connectivity index (χ1v) is 9.16. The predicted molar refractivity (Wildman–Crippen MR) is 100 cm³/mol. The molecule has 1 aliphatic carbocycles. The first-order chi connectivity index (χ1) is 11.3. The van der Waals surface area contributed by atoms with Gasteiger partial charge in [0.25, 0.3) is 0 Å². The summed E-state index contributed by atoms with van der Waals surface area (Å²) in [6.07, 6.45) is 7.07. The lowest BCUT2D eigenvalue weighted by Crippen LogP contribution is -2.29. The number of hydrogen-bond donors (Lipinski definition) is 2. The second-order valence-corrected chi connectivity index (χ2v) is 8.03. The molecule has 0 atom stereocenters. The van der Waals surface area contributed by atoms with Crippen molar-refractivity contribution in [2.24, 2.45) is 5.92 Å². The van der Waals surface area contributed by atoms with E-state index < -0.39 is 5.60 Å². The monoisotopic (exact) mass is 332 g/mol. The van der Waals surface area contributed by atoms with Gasteiger partial charge in [0.2, 0.25) is 0 Å². The van der Waals surface area contributed by atoms with Crippen molar-refractivity contribution in [2.75, 3.05) is 11.1 Å². The Morgan fingerprint density at radius 2 is 1.96 bits per heavy atom. The number of nitrogens with one attached hydrogen (secondary N) is 1. The molecule has 0 aliphatic heterocycles. The minimum atomic E-state index is -0.473. The largest absolute Gasteiger partial charge is 0.456 e. The van der Waals surface area contributed by atoms with E-state index in [0.29, 0.717) is 23.2 Å². The zero-order valence-electron chi connectivity index (χ0n) is 15.5. The number of rotatable bonds is 6. The van der Waals surface area contributed by atoms with Crippen LogP contribution < -0.4 is 11.1 Å². The van der Waals surface area contributed by atoms with Crippen LogP contribution in [0, 0.1) is 5.92 Å². The fourth-order valence-corrected chi connectivity index (χ4v) is 3.62. The maximum atomic E-state index is 12.4. The van der Waals surface area contributed by atoms with Crippen molar-refractivity contribution in [3.05, 3.63) is 23.8 Å². The highest BCUT2D eigenvalue weighted by Gasteiger charge is 2.25. The van der Waals surface area contributed by atoms with E-state index in [2.05, 4.69) is 19.2 Å². The van der Waals surface area contributed by atoms with Gasteiger partial charge < -0.3 is 15.8 Å². The van der Waals surface area contributed by atoms with Crippen LogP contribution in [0.2, 0.25) is 0 Å². The van der Waals surface area contributed by atoms with Gasteiger partial charge in [-0.1, -0.05) is 33.1 Å². The van der Waals surface area contributed by atoms with E-state index in [0.717, 1.165) is 12.1 Å². The third-order valence-corrected chi connectivity index (χ3v) is 4.52. The summed E-state index contributed by atoms with van der Waals surface area (Å²) in [6.45, 7) is 8.15. The van der Waals surface area contributed by atoms with Crippen LogP contribution in [0.5, 0.6) is 0 Å². The molecule has 0 amide bonds. The van der Waals surface area contributed by atoms with Crippen molar-refractivity contribution in [1.29, 1.82) is 0 Å². The van der Waals surface area contributed by atoms with Crippen LogP contribution in [-0.4, -0.2) is 17.6 Å². The molecule has 134 valence electrons. The van der Waals surface area contributed by atoms with Crippen molar-refractivity contribution in [3.8, 4) is 0 Å². The first kappa shape index (κ1) is 18.6. The lowest BCUT2D eigenvalue weighted by atomic mass is 9.95. The highest BCUT2D eigenvalue weighted by Crippen LogP contribution is 2.27. The Morgan fingerprint density at radius 3 is 2.54 bits per heavy atom. The highest BCUT2D eigenvalue weighted by atomic mass is 16.6. The zero-order chi connectivity index (χ0) is 17.7. The van der Waals surface area contributed by atoms with Crippen LogP contribution in [0.4, 0.5) is 11.4 Å². The highest BCUT2D eigenvalue weighted by molar-refractivity contribution is 5.92. The Bertz CT molecular complexity index is 561. The number of carbonyl (C=O) groups excluding carboxylic acids is 1. The molecule has 1 aromatic carbocycles. The van der Waals surface area contributed by atoms with Gasteiger partial charge in [0.15, 0.2) is 0 Å². The summed E-state index contributed by atoms with van der Waals surface area (Å²) < 4.78 is 5.66. The Labute approximate surface area is 146 Å². The van der Waals surface area contributed by atoms with Gasteiger partial charge in [0, 0.05) is 6.04 Å². The third kappa shape index (κ3) is 5.43. The van der Waals surface area contributed by atoms with Gasteiger partial charge in [-0.2, -0.15) is 0 Å². The summed E-state index contributed by atoms with van der Waals surface area (Å²) in [5.74, 6) is 0.163. The van der Waals surface area contributed by atoms with E-state index in [1.165, 1.54) is 32.1 Å². The minimum Gasteiger partial charge on any atom is -0.456 e. The molecule has 0 heterocycles. The topological polar surface area (TPSA) is 64.3 Å². The standard InChI is InChI=1S/C20H32N2O2/c1-14(2)13-20(3,4)24-19(23)15-10-11-18(17(21)12-15)22-16-8-6-5-7-9-16/h10-12,14,16,22H,5-9,13,21H2,1-4H3. The summed E-state index contributed by atoms with van der Waals surface area (Å²) in [5, 5.41) is 3.51. The fraction of sp³-hybridized carbons (Fsp3) is 0.650. The lowest BCUT2D eigenvalue weighted by Gasteiger charge is -2.27. The van der Waals surface area contributed by atoms with Crippen molar-refractivity contribution in [3.63, 3.8) is 0 Å². The van der Waals surface area contributed by atoms with E-state index in [-0.39, 0.29) is 5.97 Å². The molecule has 1 aromatic rings. The Kier molecular flexibility index (Phi) is 6.14. The molecule has 0 spiro atoms. The molecule has 4 heteroatoms. The molecule has 0 bridgehead atoms. The molecule has 0 unspecified atom stereocenters. The number of anilines is 2. The molecule has 1 fully saturated rings. The number of hydrogen-bond acceptors (Lipinski definition) is 4. The Morgan fingerprint density at radius 1 is 1.29 bits per heavy atom. The van der Waals surface area contributed by atoms with Gasteiger partial charge in [0.05, 0.1) is 16.9 Å². The number of carbonyl (C=O) groups is 1. The van der Waals surface area contributed by atoms with E-state index >= 15 is 0 Å². The van der Waals surface area contributed by atoms with Crippen LogP contribution in [-0.2, 0) is 4.74 Å². The maximum Gasteiger partial charge on any atom is 0.338 e. The van der Waals surface area contributed by atoms with Crippen LogP contribution in [0.3, 0.4) is 0 Å². The summed E-state index contributed by atoms with van der Waals surface area (Å²) in [7, 11) is 0.